The Kier molecular flexibility index (Phi) is 3.72. The van der Waals surface area contributed by atoms with Gasteiger partial charge in [-0.3, -0.25) is 0 Å². The molecule has 2 N–H and O–H groups in total. The van der Waals surface area contributed by atoms with Crippen molar-refractivity contribution < 1.29 is 4.74 Å². The van der Waals surface area contributed by atoms with E-state index in [1.165, 1.54) is 30.4 Å². The van der Waals surface area contributed by atoms with Crippen LogP contribution in [0.5, 0.6) is 5.75 Å². The summed E-state index contributed by atoms with van der Waals surface area (Å²) in [6.45, 7) is 7.11. The molecule has 0 bridgehead atoms. The maximum absolute atomic E-state index is 6.01. The monoisotopic (exact) mass is 233 g/mol. The Morgan fingerprint density at radius 1 is 1.29 bits per heavy atom. The van der Waals surface area contributed by atoms with Gasteiger partial charge in [-0.1, -0.05) is 12.5 Å². The lowest BCUT2D eigenvalue weighted by atomic mass is 9.86. The molecule has 1 aromatic carbocycles. The van der Waals surface area contributed by atoms with Gasteiger partial charge in [0.25, 0.3) is 0 Å². The average molecular weight is 233 g/mol. The van der Waals surface area contributed by atoms with Gasteiger partial charge in [0.2, 0.25) is 0 Å². The van der Waals surface area contributed by atoms with Crippen molar-refractivity contribution in [2.24, 2.45) is 11.7 Å². The quantitative estimate of drug-likeness (QED) is 0.863. The summed E-state index contributed by atoms with van der Waals surface area (Å²) in [5.41, 5.74) is 9.70. The Morgan fingerprint density at radius 3 is 2.47 bits per heavy atom. The highest BCUT2D eigenvalue weighted by Crippen LogP contribution is 2.31. The molecular formula is C15H23NO. The van der Waals surface area contributed by atoms with Gasteiger partial charge in [-0.25, -0.2) is 0 Å². The molecule has 0 amide bonds. The Bertz CT molecular complexity index is 394. The Morgan fingerprint density at radius 2 is 1.94 bits per heavy atom. The summed E-state index contributed by atoms with van der Waals surface area (Å²) in [6.07, 6.45) is 4.00. The van der Waals surface area contributed by atoms with Gasteiger partial charge in [-0.15, -0.1) is 0 Å². The summed E-state index contributed by atoms with van der Waals surface area (Å²) >= 11 is 0. The van der Waals surface area contributed by atoms with Gasteiger partial charge in [-0.2, -0.15) is 0 Å². The molecule has 1 saturated carbocycles. The van der Waals surface area contributed by atoms with Crippen LogP contribution in [0.15, 0.2) is 12.1 Å². The third-order valence-corrected chi connectivity index (χ3v) is 3.82. The molecule has 0 heterocycles. The number of benzene rings is 1. The van der Waals surface area contributed by atoms with Gasteiger partial charge >= 0.3 is 0 Å². The zero-order chi connectivity index (χ0) is 12.4. The molecule has 2 nitrogen and oxygen atoms in total. The number of aryl methyl sites for hydroxylation is 2. The molecule has 0 spiro atoms. The maximum Gasteiger partial charge on any atom is 0.124 e. The number of nitrogens with two attached hydrogens (primary N) is 1. The summed E-state index contributed by atoms with van der Waals surface area (Å²) in [6, 6.07) is 4.33. The minimum absolute atomic E-state index is 0.0330. The third kappa shape index (κ3) is 2.81. The van der Waals surface area contributed by atoms with Crippen LogP contribution in [0, 0.1) is 19.8 Å². The second kappa shape index (κ2) is 5.09. The van der Waals surface area contributed by atoms with Crippen molar-refractivity contribution in [3.63, 3.8) is 0 Å². The van der Waals surface area contributed by atoms with Crippen molar-refractivity contribution in [2.75, 3.05) is 6.61 Å². The fraction of sp³-hybridized carbons (Fsp3) is 0.600. The lowest BCUT2D eigenvalue weighted by Crippen LogP contribution is -2.20. The van der Waals surface area contributed by atoms with E-state index in [1.807, 2.05) is 6.92 Å². The summed E-state index contributed by atoms with van der Waals surface area (Å²) in [4.78, 5) is 0. The molecule has 2 rings (SSSR count). The highest BCUT2D eigenvalue weighted by Gasteiger charge is 2.19. The topological polar surface area (TPSA) is 35.2 Å². The molecule has 1 unspecified atom stereocenters. The molecule has 1 aliphatic carbocycles. The first-order chi connectivity index (χ1) is 8.08. The van der Waals surface area contributed by atoms with Crippen LogP contribution in [-0.2, 0) is 0 Å². The molecule has 1 aromatic rings. The van der Waals surface area contributed by atoms with E-state index < -0.39 is 0 Å². The van der Waals surface area contributed by atoms with E-state index in [4.69, 9.17) is 10.5 Å². The van der Waals surface area contributed by atoms with Crippen LogP contribution in [-0.4, -0.2) is 6.61 Å². The first-order valence-electron chi connectivity index (χ1n) is 6.57. The van der Waals surface area contributed by atoms with Crippen molar-refractivity contribution in [1.29, 1.82) is 0 Å². The summed E-state index contributed by atoms with van der Waals surface area (Å²) in [5.74, 6) is 1.74. The van der Waals surface area contributed by atoms with Crippen LogP contribution in [0.4, 0.5) is 0 Å². The molecule has 0 saturated heterocycles. The van der Waals surface area contributed by atoms with E-state index >= 15 is 0 Å². The van der Waals surface area contributed by atoms with Gasteiger partial charge in [0.1, 0.15) is 5.75 Å². The molecule has 1 fully saturated rings. The molecule has 94 valence electrons. The highest BCUT2D eigenvalue weighted by atomic mass is 16.5. The fourth-order valence-electron chi connectivity index (χ4n) is 2.16. The standard InChI is InChI=1S/C15H23NO/c1-10-7-14(12(3)16)15(8-11(10)2)17-9-13-5-4-6-13/h7-8,12-13H,4-6,9,16H2,1-3H3. The average Bonchev–Trinajstić information content (AvgIpc) is 2.20. The maximum atomic E-state index is 6.01. The van der Waals surface area contributed by atoms with Crippen molar-refractivity contribution in [3.05, 3.63) is 28.8 Å². The van der Waals surface area contributed by atoms with Gasteiger partial charge in [0.05, 0.1) is 6.61 Å². The van der Waals surface area contributed by atoms with Gasteiger partial charge in [0.15, 0.2) is 0 Å². The molecule has 0 aromatic heterocycles. The number of rotatable bonds is 4. The fourth-order valence-corrected chi connectivity index (χ4v) is 2.16. The van der Waals surface area contributed by atoms with E-state index in [0.717, 1.165) is 23.8 Å². The predicted molar refractivity (Wildman–Crippen MR) is 71.4 cm³/mol. The van der Waals surface area contributed by atoms with Crippen LogP contribution < -0.4 is 10.5 Å². The van der Waals surface area contributed by atoms with E-state index in [2.05, 4.69) is 26.0 Å². The minimum atomic E-state index is 0.0330. The van der Waals surface area contributed by atoms with Gasteiger partial charge < -0.3 is 10.5 Å². The molecule has 17 heavy (non-hydrogen) atoms. The lowest BCUT2D eigenvalue weighted by molar-refractivity contribution is 0.179. The van der Waals surface area contributed by atoms with Crippen LogP contribution >= 0.6 is 0 Å². The summed E-state index contributed by atoms with van der Waals surface area (Å²) in [5, 5.41) is 0. The number of ether oxygens (including phenoxy) is 1. The van der Waals surface area contributed by atoms with Crippen molar-refractivity contribution in [2.45, 2.75) is 46.1 Å². The van der Waals surface area contributed by atoms with Gasteiger partial charge in [0, 0.05) is 11.6 Å². The van der Waals surface area contributed by atoms with Crippen LogP contribution in [0.3, 0.4) is 0 Å². The summed E-state index contributed by atoms with van der Waals surface area (Å²) in [7, 11) is 0. The number of hydrogen-bond donors (Lipinski definition) is 1. The molecule has 2 heteroatoms. The second-order valence-corrected chi connectivity index (χ2v) is 5.37. The van der Waals surface area contributed by atoms with Gasteiger partial charge in [-0.05, 0) is 56.7 Å². The lowest BCUT2D eigenvalue weighted by Gasteiger charge is -2.26. The predicted octanol–water partition coefficient (Wildman–Crippen LogP) is 3.50. The van der Waals surface area contributed by atoms with E-state index in [0.29, 0.717) is 0 Å². The van der Waals surface area contributed by atoms with Crippen LogP contribution in [0.1, 0.15) is 48.9 Å². The Hall–Kier alpha value is -1.02. The molecular weight excluding hydrogens is 210 g/mol. The summed E-state index contributed by atoms with van der Waals surface area (Å²) < 4.78 is 5.96. The van der Waals surface area contributed by atoms with Crippen LogP contribution in [0.2, 0.25) is 0 Å². The smallest absolute Gasteiger partial charge is 0.124 e. The van der Waals surface area contributed by atoms with E-state index in [9.17, 15) is 0 Å². The number of hydrogen-bond acceptors (Lipinski definition) is 2. The largest absolute Gasteiger partial charge is 0.493 e. The third-order valence-electron chi connectivity index (χ3n) is 3.82. The van der Waals surface area contributed by atoms with E-state index in [1.54, 1.807) is 0 Å². The first-order valence-corrected chi connectivity index (χ1v) is 6.57. The molecule has 1 atom stereocenters. The van der Waals surface area contributed by atoms with E-state index in [-0.39, 0.29) is 6.04 Å². The van der Waals surface area contributed by atoms with Crippen LogP contribution in [0.25, 0.3) is 0 Å². The molecule has 0 radical (unpaired) electrons. The van der Waals surface area contributed by atoms with Crippen molar-refractivity contribution in [1.82, 2.24) is 0 Å². The first kappa shape index (κ1) is 12.4. The zero-order valence-electron chi connectivity index (χ0n) is 11.1. The van der Waals surface area contributed by atoms with Crippen molar-refractivity contribution >= 4 is 0 Å². The second-order valence-electron chi connectivity index (χ2n) is 5.37. The Labute approximate surface area is 104 Å². The van der Waals surface area contributed by atoms with Crippen molar-refractivity contribution in [3.8, 4) is 5.75 Å². The minimum Gasteiger partial charge on any atom is -0.493 e. The Balaban J connectivity index is 2.14. The highest BCUT2D eigenvalue weighted by molar-refractivity contribution is 5.43. The normalized spacial score (nSPS) is 17.6. The molecule has 0 aliphatic heterocycles. The SMILES string of the molecule is Cc1cc(OCC2CCC2)c(C(C)N)cc1C. The zero-order valence-corrected chi connectivity index (χ0v) is 11.1. The molecule has 1 aliphatic rings.